The molecule has 4 rings (SSSR count). The molecule has 1 aromatic heterocycles. The third kappa shape index (κ3) is 4.69. The fourth-order valence-corrected chi connectivity index (χ4v) is 4.45. The van der Waals surface area contributed by atoms with Crippen LogP contribution in [0.4, 0.5) is 0 Å². The topological polar surface area (TPSA) is 103 Å². The Morgan fingerprint density at radius 3 is 2.80 bits per heavy atom. The van der Waals surface area contributed by atoms with Gasteiger partial charge in [-0.25, -0.2) is 4.68 Å². The number of carbonyl (C=O) groups excluding carboxylic acids is 1. The zero-order chi connectivity index (χ0) is 20.8. The first kappa shape index (κ1) is 20.9. The summed E-state index contributed by atoms with van der Waals surface area (Å²) in [6.45, 7) is 1.75. The number of amides is 1. The predicted molar refractivity (Wildman–Crippen MR) is 109 cm³/mol. The van der Waals surface area contributed by atoms with E-state index < -0.39 is 0 Å². The summed E-state index contributed by atoms with van der Waals surface area (Å²) in [5, 5.41) is 19.1. The van der Waals surface area contributed by atoms with Crippen molar-refractivity contribution in [1.82, 2.24) is 30.8 Å². The highest BCUT2D eigenvalue weighted by Crippen LogP contribution is 2.36. The number of carbonyl (C=O) groups is 1. The number of benzene rings is 1. The molecule has 2 fully saturated rings. The lowest BCUT2D eigenvalue weighted by atomic mass is 9.80. The zero-order valence-electron chi connectivity index (χ0n) is 17.4. The Labute approximate surface area is 176 Å². The normalized spacial score (nSPS) is 23.4. The minimum atomic E-state index is -0.330. The third-order valence-electron chi connectivity index (χ3n) is 6.11. The maximum Gasteiger partial charge on any atom is 0.242 e. The van der Waals surface area contributed by atoms with Crippen molar-refractivity contribution >= 4 is 5.91 Å². The highest BCUT2D eigenvalue weighted by molar-refractivity contribution is 5.76. The third-order valence-corrected chi connectivity index (χ3v) is 6.11. The molecule has 30 heavy (non-hydrogen) atoms. The van der Waals surface area contributed by atoms with Gasteiger partial charge in [-0.3, -0.25) is 4.79 Å². The number of nitrogens with zero attached hydrogens (tertiary/aromatic N) is 4. The maximum absolute atomic E-state index is 12.7. The largest absolute Gasteiger partial charge is 0.377 e. The first-order valence-corrected chi connectivity index (χ1v) is 10.7. The van der Waals surface area contributed by atoms with E-state index in [1.54, 1.807) is 11.8 Å². The molecule has 1 saturated heterocycles. The number of ether oxygens (including phenoxy) is 2. The molecule has 1 amide bonds. The van der Waals surface area contributed by atoms with Gasteiger partial charge in [-0.15, -0.1) is 5.10 Å². The molecule has 0 radical (unpaired) electrons. The zero-order valence-corrected chi connectivity index (χ0v) is 17.4. The highest BCUT2D eigenvalue weighted by Gasteiger charge is 2.39. The van der Waals surface area contributed by atoms with Crippen molar-refractivity contribution in [1.29, 1.82) is 0 Å². The van der Waals surface area contributed by atoms with E-state index in [0.29, 0.717) is 13.2 Å². The van der Waals surface area contributed by atoms with Gasteiger partial charge in [0, 0.05) is 13.7 Å². The molecule has 2 heterocycles. The summed E-state index contributed by atoms with van der Waals surface area (Å²) in [5.74, 6) is 0.592. The van der Waals surface area contributed by atoms with E-state index >= 15 is 0 Å². The van der Waals surface area contributed by atoms with Crippen molar-refractivity contribution < 1.29 is 14.3 Å². The molecule has 0 spiro atoms. The molecule has 0 unspecified atom stereocenters. The summed E-state index contributed by atoms with van der Waals surface area (Å²) in [7, 11) is 1.63. The van der Waals surface area contributed by atoms with E-state index in [9.17, 15) is 4.79 Å². The summed E-state index contributed by atoms with van der Waals surface area (Å²) in [4.78, 5) is 12.7. The molecule has 162 valence electrons. The van der Waals surface area contributed by atoms with Crippen LogP contribution in [-0.2, 0) is 32.9 Å². The Morgan fingerprint density at radius 2 is 2.03 bits per heavy atom. The summed E-state index contributed by atoms with van der Waals surface area (Å²) < 4.78 is 12.4. The van der Waals surface area contributed by atoms with Gasteiger partial charge in [-0.2, -0.15) is 0 Å². The lowest BCUT2D eigenvalue weighted by molar-refractivity contribution is -0.123. The fourth-order valence-electron chi connectivity index (χ4n) is 4.45. The van der Waals surface area contributed by atoms with Crippen molar-refractivity contribution in [2.45, 2.75) is 62.9 Å². The van der Waals surface area contributed by atoms with E-state index in [1.807, 2.05) is 18.2 Å². The van der Waals surface area contributed by atoms with Crippen molar-refractivity contribution in [3.05, 3.63) is 41.7 Å². The number of rotatable bonds is 8. The van der Waals surface area contributed by atoms with Gasteiger partial charge >= 0.3 is 0 Å². The Bertz CT molecular complexity index is 821. The van der Waals surface area contributed by atoms with Crippen LogP contribution in [0.3, 0.4) is 0 Å². The second-order valence-electron chi connectivity index (χ2n) is 8.13. The molecule has 1 saturated carbocycles. The van der Waals surface area contributed by atoms with E-state index in [0.717, 1.165) is 38.1 Å². The molecule has 1 aromatic carbocycles. The summed E-state index contributed by atoms with van der Waals surface area (Å²) >= 11 is 0. The van der Waals surface area contributed by atoms with Gasteiger partial charge in [-0.1, -0.05) is 49.6 Å². The average molecular weight is 415 g/mol. The number of hydrogen-bond acceptors (Lipinski definition) is 7. The van der Waals surface area contributed by atoms with Crippen LogP contribution < -0.4 is 10.6 Å². The van der Waals surface area contributed by atoms with Crippen LogP contribution in [0.1, 0.15) is 43.5 Å². The Kier molecular flexibility index (Phi) is 6.71. The standard InChI is InChI=1S/C21H30N6O3/c1-29-18-15-30-14-17(18)23-19(28)13-27-20(24-25-26-27)21(10-6-3-7-11-21)22-12-16-8-4-2-5-9-16/h2,4-5,8-9,17-18,22H,3,6-7,10-15H2,1H3,(H,23,28)/t17-,18-/m0/s1. The molecule has 9 nitrogen and oxygen atoms in total. The van der Waals surface area contributed by atoms with Crippen LogP contribution in [0.5, 0.6) is 0 Å². The summed E-state index contributed by atoms with van der Waals surface area (Å²) in [6, 6.07) is 10.2. The van der Waals surface area contributed by atoms with E-state index in [2.05, 4.69) is 38.3 Å². The Balaban J connectivity index is 1.47. The SMILES string of the molecule is CO[C@H]1COC[C@@H]1NC(=O)Cn1nnnc1C1(NCc2ccccc2)CCCCC1. The predicted octanol–water partition coefficient (Wildman–Crippen LogP) is 1.15. The van der Waals surface area contributed by atoms with Crippen LogP contribution in [0, 0.1) is 0 Å². The molecule has 1 aliphatic carbocycles. The number of tetrazole rings is 1. The van der Waals surface area contributed by atoms with Gasteiger partial charge in [0.2, 0.25) is 5.91 Å². The van der Waals surface area contributed by atoms with Crippen LogP contribution in [0.15, 0.2) is 30.3 Å². The van der Waals surface area contributed by atoms with Crippen LogP contribution in [0.2, 0.25) is 0 Å². The molecule has 2 aliphatic rings. The van der Waals surface area contributed by atoms with Crippen molar-refractivity contribution in [3.63, 3.8) is 0 Å². The van der Waals surface area contributed by atoms with E-state index in [4.69, 9.17) is 9.47 Å². The van der Waals surface area contributed by atoms with Gasteiger partial charge in [0.05, 0.1) is 24.8 Å². The number of methoxy groups -OCH3 is 1. The lowest BCUT2D eigenvalue weighted by Crippen LogP contribution is -2.48. The number of aromatic nitrogens is 4. The molecule has 2 atom stereocenters. The van der Waals surface area contributed by atoms with E-state index in [-0.39, 0.29) is 30.1 Å². The number of nitrogens with one attached hydrogen (secondary N) is 2. The molecule has 2 aromatic rings. The quantitative estimate of drug-likeness (QED) is 0.668. The molecular formula is C21H30N6O3. The average Bonchev–Trinajstić information content (AvgIpc) is 3.43. The Morgan fingerprint density at radius 1 is 1.23 bits per heavy atom. The second-order valence-corrected chi connectivity index (χ2v) is 8.13. The van der Waals surface area contributed by atoms with Gasteiger partial charge < -0.3 is 20.1 Å². The molecule has 9 heteroatoms. The first-order valence-electron chi connectivity index (χ1n) is 10.7. The molecule has 1 aliphatic heterocycles. The van der Waals surface area contributed by atoms with Gasteiger partial charge in [0.25, 0.3) is 0 Å². The summed E-state index contributed by atoms with van der Waals surface area (Å²) in [6.07, 6.45) is 5.19. The second kappa shape index (κ2) is 9.63. The first-order chi connectivity index (χ1) is 14.7. The van der Waals surface area contributed by atoms with Crippen molar-refractivity contribution in [2.75, 3.05) is 20.3 Å². The Hall–Kier alpha value is -2.36. The van der Waals surface area contributed by atoms with Crippen molar-refractivity contribution in [2.24, 2.45) is 0 Å². The lowest BCUT2D eigenvalue weighted by Gasteiger charge is -2.37. The van der Waals surface area contributed by atoms with E-state index in [1.165, 1.54) is 12.0 Å². The van der Waals surface area contributed by atoms with Crippen LogP contribution >= 0.6 is 0 Å². The highest BCUT2D eigenvalue weighted by atomic mass is 16.5. The molecular weight excluding hydrogens is 384 g/mol. The number of hydrogen-bond donors (Lipinski definition) is 2. The minimum absolute atomic E-state index is 0.0734. The van der Waals surface area contributed by atoms with Gasteiger partial charge in [0.15, 0.2) is 5.82 Å². The fraction of sp³-hybridized carbons (Fsp3) is 0.619. The van der Waals surface area contributed by atoms with Gasteiger partial charge in [0.1, 0.15) is 12.6 Å². The van der Waals surface area contributed by atoms with Gasteiger partial charge in [-0.05, 0) is 28.8 Å². The maximum atomic E-state index is 12.7. The summed E-state index contributed by atoms with van der Waals surface area (Å²) in [5.41, 5.74) is 0.884. The monoisotopic (exact) mass is 414 g/mol. The smallest absolute Gasteiger partial charge is 0.242 e. The van der Waals surface area contributed by atoms with Crippen LogP contribution in [0.25, 0.3) is 0 Å². The van der Waals surface area contributed by atoms with Crippen LogP contribution in [-0.4, -0.2) is 58.6 Å². The minimum Gasteiger partial charge on any atom is -0.377 e. The van der Waals surface area contributed by atoms with Crippen molar-refractivity contribution in [3.8, 4) is 0 Å². The molecule has 2 N–H and O–H groups in total. The molecule has 0 bridgehead atoms.